The molecule has 0 radical (unpaired) electrons. The average molecular weight is 330 g/mol. The van der Waals surface area contributed by atoms with Crippen molar-refractivity contribution in [1.29, 1.82) is 0 Å². The molecule has 24 heavy (non-hydrogen) atoms. The molecule has 0 aliphatic heterocycles. The molecule has 9 nitrogen and oxygen atoms in total. The lowest BCUT2D eigenvalue weighted by molar-refractivity contribution is -0.115. The zero-order valence-corrected chi connectivity index (χ0v) is 12.9. The molecule has 2 amide bonds. The molecule has 124 valence electrons. The fraction of sp³-hybridized carbons (Fsp3) is 0.133. The minimum atomic E-state index is -0.891. The number of carbonyl (C=O) groups excluding carboxylic acids is 2. The van der Waals surface area contributed by atoms with Crippen LogP contribution in [0.5, 0.6) is 11.8 Å². The summed E-state index contributed by atoms with van der Waals surface area (Å²) in [4.78, 5) is 34.9. The number of alkyl carbamates (subject to hydrolysis) is 1. The fourth-order valence-electron chi connectivity index (χ4n) is 1.73. The van der Waals surface area contributed by atoms with Gasteiger partial charge in [-0.2, -0.15) is 9.97 Å². The molecule has 1 heterocycles. The van der Waals surface area contributed by atoms with Crippen LogP contribution in [0.1, 0.15) is 5.56 Å². The second-order valence-electron chi connectivity index (χ2n) is 4.23. The van der Waals surface area contributed by atoms with Gasteiger partial charge >= 0.3 is 12.1 Å². The third-order valence-electron chi connectivity index (χ3n) is 2.73. The Morgan fingerprint density at radius 3 is 2.50 bits per heavy atom. The van der Waals surface area contributed by atoms with Gasteiger partial charge in [0.15, 0.2) is 0 Å². The fourth-order valence-corrected chi connectivity index (χ4v) is 1.73. The maximum Gasteiger partial charge on any atom is 0.413 e. The molecule has 9 heteroatoms. The summed E-state index contributed by atoms with van der Waals surface area (Å²) in [6, 6.07) is 6.71. The van der Waals surface area contributed by atoms with E-state index in [2.05, 4.69) is 25.0 Å². The largest absolute Gasteiger partial charge is 0.504 e. The lowest BCUT2D eigenvalue weighted by Crippen LogP contribution is -2.31. The van der Waals surface area contributed by atoms with Crippen LogP contribution in [0.2, 0.25) is 0 Å². The van der Waals surface area contributed by atoms with Crippen LogP contribution in [0, 0.1) is 0 Å². The van der Waals surface area contributed by atoms with Crippen molar-refractivity contribution >= 4 is 17.6 Å². The monoisotopic (exact) mass is 330 g/mol. The molecule has 2 aromatic rings. The van der Waals surface area contributed by atoms with Crippen LogP contribution in [0.4, 0.5) is 4.79 Å². The molecule has 0 atom stereocenters. The Balaban J connectivity index is 2.35. The van der Waals surface area contributed by atoms with Gasteiger partial charge in [-0.05, 0) is 6.07 Å². The number of imide groups is 1. The Morgan fingerprint density at radius 1 is 1.12 bits per heavy atom. The molecule has 0 bridgehead atoms. The summed E-state index contributed by atoms with van der Waals surface area (Å²) in [6.45, 7) is 0. The third kappa shape index (κ3) is 4.26. The molecule has 1 aromatic carbocycles. The third-order valence-corrected chi connectivity index (χ3v) is 2.73. The first-order valence-corrected chi connectivity index (χ1v) is 6.67. The molecule has 1 N–H and O–H groups in total. The Labute approximate surface area is 137 Å². The smallest absolute Gasteiger partial charge is 0.413 e. The maximum atomic E-state index is 12.3. The zero-order valence-electron chi connectivity index (χ0n) is 12.9. The maximum absolute atomic E-state index is 12.3. The number of nitrogens with zero attached hydrogens (tertiary/aromatic N) is 3. The number of methoxy groups -OCH3 is 2. The predicted octanol–water partition coefficient (Wildman–Crippen LogP) is 1.53. The second-order valence-corrected chi connectivity index (χ2v) is 4.23. The van der Waals surface area contributed by atoms with Crippen LogP contribution in [0.25, 0.3) is 5.57 Å². The summed E-state index contributed by atoms with van der Waals surface area (Å²) in [7, 11) is 2.53. The van der Waals surface area contributed by atoms with Gasteiger partial charge in [0, 0.05) is 5.56 Å². The summed E-state index contributed by atoms with van der Waals surface area (Å²) in [5.74, 6) is -0.414. The van der Waals surface area contributed by atoms with Crippen molar-refractivity contribution in [2.45, 2.75) is 0 Å². The van der Waals surface area contributed by atoms with Crippen LogP contribution in [0.15, 0.2) is 43.2 Å². The Hall–Kier alpha value is -3.49. The average Bonchev–Trinajstić information content (AvgIpc) is 2.61. The predicted molar refractivity (Wildman–Crippen MR) is 81.9 cm³/mol. The highest BCUT2D eigenvalue weighted by molar-refractivity contribution is 6.23. The molecule has 0 fully saturated rings. The van der Waals surface area contributed by atoms with Crippen LogP contribution < -0.4 is 10.1 Å². The van der Waals surface area contributed by atoms with Crippen molar-refractivity contribution in [2.24, 2.45) is 0 Å². The number of aromatic nitrogens is 3. The number of para-hydroxylation sites is 1. The number of hydrogen-bond acceptors (Lipinski definition) is 8. The van der Waals surface area contributed by atoms with E-state index >= 15 is 0 Å². The molecule has 0 aliphatic rings. The molecule has 0 spiro atoms. The van der Waals surface area contributed by atoms with E-state index in [0.29, 0.717) is 11.3 Å². The lowest BCUT2D eigenvalue weighted by Gasteiger charge is -2.12. The van der Waals surface area contributed by atoms with E-state index in [4.69, 9.17) is 9.47 Å². The van der Waals surface area contributed by atoms with E-state index < -0.39 is 12.0 Å². The summed E-state index contributed by atoms with van der Waals surface area (Å²) in [5, 5.41) is 2.06. The number of benzene rings is 1. The molecular weight excluding hydrogens is 316 g/mol. The minimum absolute atomic E-state index is 0.0580. The molecule has 2 rings (SSSR count). The Kier molecular flexibility index (Phi) is 5.78. The van der Waals surface area contributed by atoms with Gasteiger partial charge in [-0.15, -0.1) is 0 Å². The van der Waals surface area contributed by atoms with Crippen molar-refractivity contribution in [3.63, 3.8) is 0 Å². The van der Waals surface area contributed by atoms with Crippen LogP contribution in [-0.4, -0.2) is 41.2 Å². The van der Waals surface area contributed by atoms with E-state index in [1.807, 2.05) is 0 Å². The molecular formula is C15H14N4O5. The zero-order chi connectivity index (χ0) is 17.4. The number of rotatable bonds is 5. The normalized spacial score (nSPS) is 10.7. The Morgan fingerprint density at radius 2 is 1.83 bits per heavy atom. The highest BCUT2D eigenvalue weighted by Crippen LogP contribution is 2.28. The number of carbonyl (C=O) groups is 2. The van der Waals surface area contributed by atoms with Gasteiger partial charge < -0.3 is 14.2 Å². The van der Waals surface area contributed by atoms with Crippen LogP contribution in [-0.2, 0) is 14.3 Å². The van der Waals surface area contributed by atoms with E-state index in [-0.39, 0.29) is 11.6 Å². The highest BCUT2D eigenvalue weighted by Gasteiger charge is 2.20. The number of ether oxygens (including phenoxy) is 3. The van der Waals surface area contributed by atoms with E-state index in [0.717, 1.165) is 7.11 Å². The van der Waals surface area contributed by atoms with Crippen molar-refractivity contribution in [3.8, 4) is 11.8 Å². The number of hydrogen-bond donors (Lipinski definition) is 1. The first kappa shape index (κ1) is 16.9. The van der Waals surface area contributed by atoms with Crippen molar-refractivity contribution in [1.82, 2.24) is 20.3 Å². The summed E-state index contributed by atoms with van der Waals surface area (Å²) in [6.07, 6.45) is 2.85. The van der Waals surface area contributed by atoms with Gasteiger partial charge in [-0.1, -0.05) is 18.2 Å². The van der Waals surface area contributed by atoms with Gasteiger partial charge in [-0.3, -0.25) is 10.1 Å². The van der Waals surface area contributed by atoms with E-state index in [1.165, 1.54) is 26.0 Å². The highest BCUT2D eigenvalue weighted by atomic mass is 16.5. The van der Waals surface area contributed by atoms with Crippen molar-refractivity contribution in [3.05, 3.63) is 48.7 Å². The Bertz CT molecular complexity index is 749. The molecule has 1 aromatic heterocycles. The summed E-state index contributed by atoms with van der Waals surface area (Å²) in [5.41, 5.74) is 0.439. The summed E-state index contributed by atoms with van der Waals surface area (Å²) < 4.78 is 14.9. The standard InChI is InChI=1S/C15H14N4O5/c1-22-7-11(13(20)19-15(21)23-2)10-5-3-4-6-12(10)24-14-17-8-16-9-18-14/h3-9H,1-2H3,(H,19,20,21)/b11-7+. The SMILES string of the molecule is CO/C=C(/C(=O)NC(=O)OC)c1ccccc1Oc1ncncn1. The summed E-state index contributed by atoms with van der Waals surface area (Å²) >= 11 is 0. The van der Waals surface area contributed by atoms with Gasteiger partial charge in [0.05, 0.1) is 26.1 Å². The minimum Gasteiger partial charge on any atom is -0.504 e. The van der Waals surface area contributed by atoms with Gasteiger partial charge in [0.1, 0.15) is 18.4 Å². The number of amides is 2. The lowest BCUT2D eigenvalue weighted by atomic mass is 10.1. The van der Waals surface area contributed by atoms with Crippen molar-refractivity contribution < 1.29 is 23.8 Å². The molecule has 0 unspecified atom stereocenters. The molecule has 0 saturated carbocycles. The van der Waals surface area contributed by atoms with Crippen LogP contribution >= 0.6 is 0 Å². The number of nitrogens with one attached hydrogen (secondary N) is 1. The van der Waals surface area contributed by atoms with E-state index in [1.54, 1.807) is 24.3 Å². The van der Waals surface area contributed by atoms with Gasteiger partial charge in [0.2, 0.25) is 0 Å². The first-order chi connectivity index (χ1) is 11.7. The van der Waals surface area contributed by atoms with E-state index in [9.17, 15) is 9.59 Å². The quantitative estimate of drug-likeness (QED) is 0.649. The van der Waals surface area contributed by atoms with Gasteiger partial charge in [-0.25, -0.2) is 9.78 Å². The second kappa shape index (κ2) is 8.22. The molecule has 0 saturated heterocycles. The van der Waals surface area contributed by atoms with Crippen molar-refractivity contribution in [2.75, 3.05) is 14.2 Å². The topological polar surface area (TPSA) is 113 Å². The first-order valence-electron chi connectivity index (χ1n) is 6.67. The molecule has 0 aliphatic carbocycles. The van der Waals surface area contributed by atoms with Gasteiger partial charge in [0.25, 0.3) is 5.91 Å². The van der Waals surface area contributed by atoms with Crippen LogP contribution in [0.3, 0.4) is 0 Å².